The lowest BCUT2D eigenvalue weighted by Crippen LogP contribution is -2.17. The van der Waals surface area contributed by atoms with Crippen LogP contribution in [0.3, 0.4) is 0 Å². The monoisotopic (exact) mass is 305 g/mol. The fourth-order valence-electron chi connectivity index (χ4n) is 1.89. The maximum absolute atomic E-state index is 12.0. The third-order valence-corrected chi connectivity index (χ3v) is 4.04. The smallest absolute Gasteiger partial charge is 0.275 e. The molecular weight excluding hydrogens is 290 g/mol. The van der Waals surface area contributed by atoms with Crippen LogP contribution in [0.1, 0.15) is 36.3 Å². The van der Waals surface area contributed by atoms with E-state index in [0.717, 1.165) is 11.4 Å². The molecule has 0 fully saturated rings. The number of nitrogens with zero attached hydrogens (tertiary/aromatic N) is 6. The molecule has 0 aliphatic carbocycles. The summed E-state index contributed by atoms with van der Waals surface area (Å²) >= 11 is 1.42. The van der Waals surface area contributed by atoms with Crippen molar-refractivity contribution in [1.29, 1.82) is 0 Å². The van der Waals surface area contributed by atoms with Crippen LogP contribution < -0.4 is 11.3 Å². The summed E-state index contributed by atoms with van der Waals surface area (Å²) < 4.78 is 2.96. The van der Waals surface area contributed by atoms with Crippen LogP contribution in [-0.4, -0.2) is 29.6 Å². The van der Waals surface area contributed by atoms with Gasteiger partial charge in [-0.3, -0.25) is 4.79 Å². The van der Waals surface area contributed by atoms with Gasteiger partial charge in [0.15, 0.2) is 0 Å². The number of aromatic nitrogens is 6. The number of hydrogen-bond donors (Lipinski definition) is 1. The molecule has 21 heavy (non-hydrogen) atoms. The molecule has 2 N–H and O–H groups in total. The first-order chi connectivity index (χ1) is 10.1. The quantitative estimate of drug-likeness (QED) is 0.747. The molecule has 1 atom stereocenters. The molecule has 0 aromatic carbocycles. The normalized spacial score (nSPS) is 12.9. The van der Waals surface area contributed by atoms with Gasteiger partial charge in [0, 0.05) is 12.1 Å². The molecule has 0 amide bonds. The van der Waals surface area contributed by atoms with Gasteiger partial charge in [0.1, 0.15) is 5.01 Å². The van der Waals surface area contributed by atoms with Crippen LogP contribution >= 0.6 is 11.3 Å². The molecule has 3 aromatic rings. The van der Waals surface area contributed by atoms with E-state index in [1.807, 2.05) is 13.8 Å². The predicted octanol–water partition coefficient (Wildman–Crippen LogP) is 0.373. The van der Waals surface area contributed by atoms with Crippen LogP contribution in [0.15, 0.2) is 17.1 Å². The Bertz CT molecular complexity index is 832. The molecule has 110 valence electrons. The van der Waals surface area contributed by atoms with Gasteiger partial charge in [-0.25, -0.2) is 9.67 Å². The van der Waals surface area contributed by atoms with Crippen LogP contribution in [0.2, 0.25) is 0 Å². The third-order valence-electron chi connectivity index (χ3n) is 2.99. The number of nitrogens with two attached hydrogens (primary N) is 1. The third kappa shape index (κ3) is 2.69. The summed E-state index contributed by atoms with van der Waals surface area (Å²) in [5.74, 6) is 0. The van der Waals surface area contributed by atoms with Crippen LogP contribution in [0.25, 0.3) is 4.96 Å². The molecule has 0 spiro atoms. The zero-order valence-corrected chi connectivity index (χ0v) is 12.5. The van der Waals surface area contributed by atoms with Crippen molar-refractivity contribution in [1.82, 2.24) is 29.6 Å². The van der Waals surface area contributed by atoms with E-state index in [1.165, 1.54) is 21.9 Å². The number of hydrogen-bond acceptors (Lipinski definition) is 7. The molecule has 0 aliphatic rings. The summed E-state index contributed by atoms with van der Waals surface area (Å²) in [5, 5.41) is 13.1. The molecule has 0 bridgehead atoms. The van der Waals surface area contributed by atoms with Crippen LogP contribution in [0, 0.1) is 0 Å². The lowest BCUT2D eigenvalue weighted by Gasteiger charge is -2.00. The molecule has 0 radical (unpaired) electrons. The van der Waals surface area contributed by atoms with E-state index >= 15 is 0 Å². The van der Waals surface area contributed by atoms with Crippen molar-refractivity contribution in [2.24, 2.45) is 5.73 Å². The number of fused-ring (bicyclic) bond motifs is 1. The van der Waals surface area contributed by atoms with E-state index < -0.39 is 0 Å². The second-order valence-corrected chi connectivity index (χ2v) is 5.80. The van der Waals surface area contributed by atoms with E-state index in [1.54, 1.807) is 10.9 Å². The van der Waals surface area contributed by atoms with Gasteiger partial charge in [-0.1, -0.05) is 23.5 Å². The molecule has 0 aliphatic heterocycles. The zero-order valence-electron chi connectivity index (χ0n) is 11.7. The highest BCUT2D eigenvalue weighted by molar-refractivity contribution is 7.16. The van der Waals surface area contributed by atoms with Gasteiger partial charge in [0.25, 0.3) is 5.56 Å². The van der Waals surface area contributed by atoms with E-state index in [4.69, 9.17) is 5.73 Å². The van der Waals surface area contributed by atoms with Crippen LogP contribution in [0.4, 0.5) is 0 Å². The molecular formula is C12H15N7OS. The highest BCUT2D eigenvalue weighted by Crippen LogP contribution is 2.12. The Balaban J connectivity index is 1.94. The van der Waals surface area contributed by atoms with Crippen molar-refractivity contribution in [2.45, 2.75) is 32.9 Å². The molecule has 8 nitrogen and oxygen atoms in total. The Morgan fingerprint density at radius 3 is 2.95 bits per heavy atom. The van der Waals surface area contributed by atoms with Crippen molar-refractivity contribution in [3.05, 3.63) is 39.0 Å². The van der Waals surface area contributed by atoms with E-state index in [0.29, 0.717) is 22.9 Å². The van der Waals surface area contributed by atoms with Gasteiger partial charge < -0.3 is 5.73 Å². The van der Waals surface area contributed by atoms with E-state index in [-0.39, 0.29) is 11.6 Å². The summed E-state index contributed by atoms with van der Waals surface area (Å²) in [6.07, 6.45) is 2.54. The first-order valence-electron chi connectivity index (χ1n) is 6.61. The summed E-state index contributed by atoms with van der Waals surface area (Å²) in [6, 6.07) is 1.30. The number of rotatable bonds is 4. The molecule has 9 heteroatoms. The van der Waals surface area contributed by atoms with Crippen molar-refractivity contribution in [2.75, 3.05) is 0 Å². The Morgan fingerprint density at radius 2 is 2.29 bits per heavy atom. The minimum atomic E-state index is -0.182. The second kappa shape index (κ2) is 5.34. The fourth-order valence-corrected chi connectivity index (χ4v) is 2.74. The molecule has 1 unspecified atom stereocenters. The van der Waals surface area contributed by atoms with E-state index in [9.17, 15) is 4.79 Å². The first kappa shape index (κ1) is 13.8. The SMILES string of the molecule is CCc1nn2c(=O)cc(Cn3cc(C(C)N)nn3)nc2s1. The Kier molecular flexibility index (Phi) is 3.52. The Hall–Kier alpha value is -2.13. The maximum atomic E-state index is 12.0. The molecule has 0 saturated heterocycles. The van der Waals surface area contributed by atoms with Crippen LogP contribution in [-0.2, 0) is 13.0 Å². The fraction of sp³-hybridized carbons (Fsp3) is 0.417. The van der Waals surface area contributed by atoms with Gasteiger partial charge in [0.2, 0.25) is 4.96 Å². The maximum Gasteiger partial charge on any atom is 0.275 e. The Labute approximate surface area is 124 Å². The van der Waals surface area contributed by atoms with Crippen molar-refractivity contribution in [3.63, 3.8) is 0 Å². The number of aryl methyl sites for hydroxylation is 1. The van der Waals surface area contributed by atoms with Gasteiger partial charge in [-0.05, 0) is 13.3 Å². The molecule has 3 rings (SSSR count). The van der Waals surface area contributed by atoms with Crippen molar-refractivity contribution in [3.8, 4) is 0 Å². The van der Waals surface area contributed by atoms with Gasteiger partial charge >= 0.3 is 0 Å². The second-order valence-electron chi connectivity index (χ2n) is 4.76. The van der Waals surface area contributed by atoms with Gasteiger partial charge in [0.05, 0.1) is 24.1 Å². The van der Waals surface area contributed by atoms with Crippen molar-refractivity contribution < 1.29 is 0 Å². The predicted molar refractivity (Wildman–Crippen MR) is 78.2 cm³/mol. The minimum Gasteiger partial charge on any atom is -0.323 e. The summed E-state index contributed by atoms with van der Waals surface area (Å²) in [4.78, 5) is 17.1. The average Bonchev–Trinajstić information content (AvgIpc) is 3.05. The zero-order chi connectivity index (χ0) is 15.0. The topological polar surface area (TPSA) is 104 Å². The van der Waals surface area contributed by atoms with E-state index in [2.05, 4.69) is 20.4 Å². The standard InChI is InChI=1S/C12H15N7OS/c1-3-10-16-19-11(20)4-8(14-12(19)21-10)5-18-6-9(7(2)13)15-17-18/h4,6-7H,3,5,13H2,1-2H3. The summed E-state index contributed by atoms with van der Waals surface area (Å²) in [7, 11) is 0. The average molecular weight is 305 g/mol. The van der Waals surface area contributed by atoms with Crippen LogP contribution in [0.5, 0.6) is 0 Å². The largest absolute Gasteiger partial charge is 0.323 e. The lowest BCUT2D eigenvalue weighted by atomic mass is 10.3. The van der Waals surface area contributed by atoms with Crippen molar-refractivity contribution >= 4 is 16.3 Å². The highest BCUT2D eigenvalue weighted by Gasteiger charge is 2.10. The highest BCUT2D eigenvalue weighted by atomic mass is 32.1. The molecule has 3 heterocycles. The van der Waals surface area contributed by atoms with Gasteiger partial charge in [-0.15, -0.1) is 5.10 Å². The minimum absolute atomic E-state index is 0.173. The summed E-state index contributed by atoms with van der Waals surface area (Å²) in [6.45, 7) is 4.22. The van der Waals surface area contributed by atoms with Gasteiger partial charge in [-0.2, -0.15) is 9.61 Å². The Morgan fingerprint density at radius 1 is 1.48 bits per heavy atom. The summed E-state index contributed by atoms with van der Waals surface area (Å²) in [5.41, 5.74) is 6.90. The molecule has 0 saturated carbocycles. The first-order valence-corrected chi connectivity index (χ1v) is 7.42. The molecule has 3 aromatic heterocycles. The lowest BCUT2D eigenvalue weighted by molar-refractivity contribution is 0.636.